The molecule has 1 aromatic rings. The van der Waals surface area contributed by atoms with Crippen molar-refractivity contribution in [3.05, 3.63) is 11.6 Å². The Morgan fingerprint density at radius 1 is 1.27 bits per heavy atom. The number of carbonyl (C=O) groups is 2. The molecule has 1 aliphatic heterocycles. The second kappa shape index (κ2) is 6.46. The molecule has 2 heterocycles. The van der Waals surface area contributed by atoms with Crippen LogP contribution in [0, 0.1) is 5.92 Å². The van der Waals surface area contributed by atoms with E-state index >= 15 is 0 Å². The molecule has 3 rings (SSSR count). The number of rotatable bonds is 5. The lowest BCUT2D eigenvalue weighted by molar-refractivity contribution is -0.129. The van der Waals surface area contributed by atoms with Crippen molar-refractivity contribution in [1.29, 1.82) is 0 Å². The van der Waals surface area contributed by atoms with Gasteiger partial charge in [-0.3, -0.25) is 9.59 Å². The molecule has 2 amide bonds. The highest BCUT2D eigenvalue weighted by atomic mass is 16.2. The van der Waals surface area contributed by atoms with Gasteiger partial charge in [0.05, 0.1) is 6.54 Å². The Hall–Kier alpha value is -1.92. The summed E-state index contributed by atoms with van der Waals surface area (Å²) in [6, 6.07) is -0.430. The van der Waals surface area contributed by atoms with Crippen LogP contribution in [0.15, 0.2) is 0 Å². The van der Waals surface area contributed by atoms with Gasteiger partial charge in [0.25, 0.3) is 0 Å². The van der Waals surface area contributed by atoms with Crippen molar-refractivity contribution in [2.45, 2.75) is 64.6 Å². The molecule has 120 valence electrons. The zero-order chi connectivity index (χ0) is 15.5. The number of aryl methyl sites for hydroxylation is 1. The molecule has 22 heavy (non-hydrogen) atoms. The van der Waals surface area contributed by atoms with E-state index < -0.39 is 6.04 Å². The third-order valence-electron chi connectivity index (χ3n) is 4.62. The quantitative estimate of drug-likeness (QED) is 0.831. The number of nitrogens with one attached hydrogen (secondary N) is 2. The molecule has 2 N–H and O–H groups in total. The van der Waals surface area contributed by atoms with E-state index in [0.29, 0.717) is 6.54 Å². The Bertz CT molecular complexity index is 562. The van der Waals surface area contributed by atoms with Gasteiger partial charge in [-0.05, 0) is 25.2 Å². The van der Waals surface area contributed by atoms with E-state index in [4.69, 9.17) is 0 Å². The highest BCUT2D eigenvalue weighted by Gasteiger charge is 2.31. The van der Waals surface area contributed by atoms with E-state index in [1.165, 1.54) is 6.92 Å². The van der Waals surface area contributed by atoms with Gasteiger partial charge in [-0.1, -0.05) is 12.8 Å². The first-order valence-corrected chi connectivity index (χ1v) is 8.11. The van der Waals surface area contributed by atoms with Crippen LogP contribution >= 0.6 is 0 Å². The van der Waals surface area contributed by atoms with Gasteiger partial charge in [-0.15, -0.1) is 10.2 Å². The highest BCUT2D eigenvalue weighted by molar-refractivity contribution is 5.87. The van der Waals surface area contributed by atoms with Gasteiger partial charge in [0.1, 0.15) is 11.9 Å². The summed E-state index contributed by atoms with van der Waals surface area (Å²) in [5.74, 6) is 1.77. The summed E-state index contributed by atoms with van der Waals surface area (Å²) < 4.78 is 2.07. The molecule has 0 saturated heterocycles. The average molecular weight is 305 g/mol. The highest BCUT2D eigenvalue weighted by Crippen LogP contribution is 2.28. The van der Waals surface area contributed by atoms with Gasteiger partial charge in [-0.25, -0.2) is 0 Å². The maximum absolute atomic E-state index is 12.5. The maximum atomic E-state index is 12.5. The third kappa shape index (κ3) is 3.13. The van der Waals surface area contributed by atoms with E-state index in [9.17, 15) is 9.59 Å². The monoisotopic (exact) mass is 305 g/mol. The number of amides is 2. The smallest absolute Gasteiger partial charge is 0.243 e. The van der Waals surface area contributed by atoms with Crippen molar-refractivity contribution < 1.29 is 9.59 Å². The molecule has 0 spiro atoms. The van der Waals surface area contributed by atoms with Gasteiger partial charge in [-0.2, -0.15) is 0 Å². The number of nitrogens with zero attached hydrogens (tertiary/aromatic N) is 3. The summed E-state index contributed by atoms with van der Waals surface area (Å²) in [7, 11) is 0. The molecular weight excluding hydrogens is 282 g/mol. The Balaban J connectivity index is 1.61. The molecule has 0 aromatic carbocycles. The molecule has 1 aromatic heterocycles. The summed E-state index contributed by atoms with van der Waals surface area (Å²) in [6.45, 7) is 2.75. The minimum atomic E-state index is -0.430. The van der Waals surface area contributed by atoms with Gasteiger partial charge < -0.3 is 15.2 Å². The lowest BCUT2D eigenvalue weighted by atomic mass is 9.97. The molecular formula is C15H23N5O2. The normalized spacial score (nSPS) is 19.0. The Morgan fingerprint density at radius 3 is 2.77 bits per heavy atom. The van der Waals surface area contributed by atoms with Crippen LogP contribution in [-0.4, -0.2) is 32.6 Å². The zero-order valence-electron chi connectivity index (χ0n) is 13.0. The summed E-state index contributed by atoms with van der Waals surface area (Å²) in [4.78, 5) is 23.9. The van der Waals surface area contributed by atoms with E-state index in [1.807, 2.05) is 0 Å². The predicted octanol–water partition coefficient (Wildman–Crippen LogP) is 0.535. The molecule has 7 nitrogen and oxygen atoms in total. The number of aromatic nitrogens is 3. The second-order valence-electron chi connectivity index (χ2n) is 6.23. The first kappa shape index (κ1) is 15.0. The van der Waals surface area contributed by atoms with Gasteiger partial charge in [0, 0.05) is 19.9 Å². The van der Waals surface area contributed by atoms with Crippen molar-refractivity contribution in [3.63, 3.8) is 0 Å². The summed E-state index contributed by atoms with van der Waals surface area (Å²) in [5.41, 5.74) is 0. The Morgan fingerprint density at radius 2 is 2.05 bits per heavy atom. The number of fused-ring (bicyclic) bond motifs is 1. The van der Waals surface area contributed by atoms with Crippen LogP contribution < -0.4 is 10.6 Å². The largest absolute Gasteiger partial charge is 0.347 e. The molecule has 7 heteroatoms. The van der Waals surface area contributed by atoms with Crippen LogP contribution in [0.5, 0.6) is 0 Å². The van der Waals surface area contributed by atoms with Crippen LogP contribution in [-0.2, 0) is 29.1 Å². The van der Waals surface area contributed by atoms with Crippen molar-refractivity contribution in [2.24, 2.45) is 5.92 Å². The summed E-state index contributed by atoms with van der Waals surface area (Å²) in [5, 5.41) is 14.0. The lowest BCUT2D eigenvalue weighted by Crippen LogP contribution is -2.49. The van der Waals surface area contributed by atoms with Crippen LogP contribution in [0.1, 0.15) is 50.7 Å². The van der Waals surface area contributed by atoms with Crippen molar-refractivity contribution >= 4 is 11.8 Å². The topological polar surface area (TPSA) is 88.9 Å². The van der Waals surface area contributed by atoms with E-state index in [-0.39, 0.29) is 17.7 Å². The SMILES string of the molecule is CC(=O)N[C@H](C(=O)NCc1nnc2n1CCC2)C1CCCC1. The molecule has 1 saturated carbocycles. The summed E-state index contributed by atoms with van der Waals surface area (Å²) >= 11 is 0. The van der Waals surface area contributed by atoms with Crippen LogP contribution in [0.2, 0.25) is 0 Å². The van der Waals surface area contributed by atoms with Gasteiger partial charge in [0.2, 0.25) is 11.8 Å². The minimum absolute atomic E-state index is 0.113. The maximum Gasteiger partial charge on any atom is 0.243 e. The van der Waals surface area contributed by atoms with Crippen LogP contribution in [0.3, 0.4) is 0 Å². The fourth-order valence-corrected chi connectivity index (χ4v) is 3.52. The molecule has 2 aliphatic rings. The first-order valence-electron chi connectivity index (χ1n) is 8.11. The van der Waals surface area contributed by atoms with E-state index in [0.717, 1.165) is 56.7 Å². The standard InChI is InChI=1S/C15H23N5O2/c1-10(21)17-14(11-5-2-3-6-11)15(22)16-9-13-19-18-12-7-4-8-20(12)13/h11,14H,2-9H2,1H3,(H,16,22)(H,17,21)/t14-/m0/s1. The average Bonchev–Trinajstić information content (AvgIpc) is 3.19. The molecule has 0 bridgehead atoms. The zero-order valence-corrected chi connectivity index (χ0v) is 13.0. The number of hydrogen-bond acceptors (Lipinski definition) is 4. The van der Waals surface area contributed by atoms with Crippen molar-refractivity contribution in [3.8, 4) is 0 Å². The van der Waals surface area contributed by atoms with Crippen molar-refractivity contribution in [2.75, 3.05) is 0 Å². The minimum Gasteiger partial charge on any atom is -0.347 e. The Labute approximate surface area is 129 Å². The first-order chi connectivity index (χ1) is 10.6. The van der Waals surface area contributed by atoms with Gasteiger partial charge in [0.15, 0.2) is 5.82 Å². The fraction of sp³-hybridized carbons (Fsp3) is 0.733. The van der Waals surface area contributed by atoms with E-state index in [2.05, 4.69) is 25.4 Å². The number of carbonyl (C=O) groups excluding carboxylic acids is 2. The summed E-state index contributed by atoms with van der Waals surface area (Å²) in [6.07, 6.45) is 6.30. The van der Waals surface area contributed by atoms with E-state index in [1.54, 1.807) is 0 Å². The fourth-order valence-electron chi connectivity index (χ4n) is 3.52. The van der Waals surface area contributed by atoms with Crippen LogP contribution in [0.25, 0.3) is 0 Å². The molecule has 1 atom stereocenters. The van der Waals surface area contributed by atoms with Crippen molar-refractivity contribution in [1.82, 2.24) is 25.4 Å². The Kier molecular flexibility index (Phi) is 4.40. The van der Waals surface area contributed by atoms with Gasteiger partial charge >= 0.3 is 0 Å². The molecule has 1 fully saturated rings. The van der Waals surface area contributed by atoms with Crippen LogP contribution in [0.4, 0.5) is 0 Å². The molecule has 0 unspecified atom stereocenters. The number of hydrogen-bond donors (Lipinski definition) is 2. The molecule has 1 aliphatic carbocycles. The third-order valence-corrected chi connectivity index (χ3v) is 4.62. The molecule has 0 radical (unpaired) electrons. The predicted molar refractivity (Wildman–Crippen MR) is 79.8 cm³/mol. The second-order valence-corrected chi connectivity index (χ2v) is 6.23. The lowest BCUT2D eigenvalue weighted by Gasteiger charge is -2.23.